The number of nitrogens with zero attached hydrogens (tertiary/aromatic N) is 3. The molecule has 1 fully saturated rings. The van der Waals surface area contributed by atoms with Gasteiger partial charge in [0.25, 0.3) is 17.3 Å². The second kappa shape index (κ2) is 8.31. The van der Waals surface area contributed by atoms with Crippen LogP contribution in [0.3, 0.4) is 0 Å². The molecule has 1 aliphatic heterocycles. The molecule has 1 atom stereocenters. The van der Waals surface area contributed by atoms with E-state index in [4.69, 9.17) is 39.5 Å². The fourth-order valence-electron chi connectivity index (χ4n) is 2.36. The van der Waals surface area contributed by atoms with Crippen molar-refractivity contribution in [3.05, 3.63) is 44.0 Å². The number of halogens is 3. The van der Waals surface area contributed by atoms with Gasteiger partial charge in [-0.05, 0) is 0 Å². The molecule has 0 radical (unpaired) electrons. The van der Waals surface area contributed by atoms with Gasteiger partial charge in [0.05, 0.1) is 34.7 Å². The number of nitrogens with one attached hydrogen (secondary N) is 1. The summed E-state index contributed by atoms with van der Waals surface area (Å²) in [5, 5.41) is 24.4. The zero-order valence-electron chi connectivity index (χ0n) is 13.1. The van der Waals surface area contributed by atoms with Crippen molar-refractivity contribution < 1.29 is 19.4 Å². The van der Waals surface area contributed by atoms with E-state index in [1.165, 1.54) is 0 Å². The lowest BCUT2D eigenvalue weighted by Crippen LogP contribution is -2.58. The van der Waals surface area contributed by atoms with Crippen LogP contribution in [-0.4, -0.2) is 56.9 Å². The van der Waals surface area contributed by atoms with Crippen LogP contribution in [0.5, 0.6) is 0 Å². The van der Waals surface area contributed by atoms with Crippen molar-refractivity contribution in [2.75, 3.05) is 26.3 Å². The van der Waals surface area contributed by atoms with E-state index < -0.39 is 37.1 Å². The molecule has 0 aromatic heterocycles. The normalized spacial score (nSPS) is 16.7. The number of carbonyl (C=O) groups is 1. The van der Waals surface area contributed by atoms with Crippen molar-refractivity contribution in [2.24, 2.45) is 0 Å². The van der Waals surface area contributed by atoms with E-state index in [9.17, 15) is 25.0 Å². The smallest absolute Gasteiger partial charge is 0.277 e. The van der Waals surface area contributed by atoms with Gasteiger partial charge in [-0.15, -0.1) is 0 Å². The molecule has 10 nitrogen and oxygen atoms in total. The van der Waals surface area contributed by atoms with E-state index in [1.54, 1.807) is 4.90 Å². The summed E-state index contributed by atoms with van der Waals surface area (Å²) in [6.07, 6.45) is -1.05. The largest absolute Gasteiger partial charge is 0.379 e. The Morgan fingerprint density at radius 1 is 1.12 bits per heavy atom. The molecule has 26 heavy (non-hydrogen) atoms. The first-order valence-corrected chi connectivity index (χ1v) is 8.36. The highest BCUT2D eigenvalue weighted by molar-refractivity contribution is 6.68. The minimum Gasteiger partial charge on any atom is -0.379 e. The van der Waals surface area contributed by atoms with Crippen LogP contribution in [0.25, 0.3) is 0 Å². The first-order valence-electron chi connectivity index (χ1n) is 7.23. The second-order valence-corrected chi connectivity index (χ2v) is 7.69. The number of hydrogen-bond donors (Lipinski definition) is 1. The van der Waals surface area contributed by atoms with Crippen molar-refractivity contribution >= 4 is 52.1 Å². The van der Waals surface area contributed by atoms with Crippen molar-refractivity contribution in [1.82, 2.24) is 10.2 Å². The standard InChI is InChI=1S/C13H13Cl3N4O6/c14-13(15,16)12(18-1-3-26-4-2-18)17-11(21)8-5-9(19(22)23)7-10(6-8)20(24)25/h5-7,12H,1-4H2,(H,17,21)/t12-/m0/s1. The Morgan fingerprint density at radius 3 is 2.04 bits per heavy atom. The Hall–Kier alpha value is -1.72. The van der Waals surface area contributed by atoms with Gasteiger partial charge in [0, 0.05) is 25.2 Å². The van der Waals surface area contributed by atoms with Gasteiger partial charge in [0.15, 0.2) is 0 Å². The molecule has 2 rings (SSSR count). The second-order valence-electron chi connectivity index (χ2n) is 5.32. The molecule has 1 aromatic carbocycles. The number of hydrogen-bond acceptors (Lipinski definition) is 7. The first kappa shape index (κ1) is 20.6. The summed E-state index contributed by atoms with van der Waals surface area (Å²) in [6, 6.07) is 2.58. The maximum atomic E-state index is 12.5. The monoisotopic (exact) mass is 426 g/mol. The van der Waals surface area contributed by atoms with Crippen molar-refractivity contribution in [1.29, 1.82) is 0 Å². The third-order valence-corrected chi connectivity index (χ3v) is 4.20. The highest BCUT2D eigenvalue weighted by Gasteiger charge is 2.39. The van der Waals surface area contributed by atoms with Gasteiger partial charge in [0.1, 0.15) is 6.17 Å². The zero-order chi connectivity index (χ0) is 19.5. The molecule has 1 heterocycles. The summed E-state index contributed by atoms with van der Waals surface area (Å²) in [5.41, 5.74) is -1.49. The van der Waals surface area contributed by atoms with E-state index in [-0.39, 0.29) is 5.56 Å². The summed E-state index contributed by atoms with van der Waals surface area (Å²) in [4.78, 5) is 34.4. The van der Waals surface area contributed by atoms with E-state index in [1.807, 2.05) is 0 Å². The predicted molar refractivity (Wildman–Crippen MR) is 93.7 cm³/mol. The lowest BCUT2D eigenvalue weighted by atomic mass is 10.1. The lowest BCUT2D eigenvalue weighted by molar-refractivity contribution is -0.394. The van der Waals surface area contributed by atoms with Gasteiger partial charge in [0.2, 0.25) is 3.79 Å². The molecule has 1 saturated heterocycles. The summed E-state index contributed by atoms with van der Waals surface area (Å²) in [5.74, 6) is -0.848. The predicted octanol–water partition coefficient (Wildman–Crippen LogP) is 2.26. The number of alkyl halides is 3. The van der Waals surface area contributed by atoms with E-state index in [2.05, 4.69) is 5.32 Å². The van der Waals surface area contributed by atoms with Crippen LogP contribution in [0, 0.1) is 20.2 Å². The molecule has 13 heteroatoms. The van der Waals surface area contributed by atoms with E-state index in [0.717, 1.165) is 18.2 Å². The van der Waals surface area contributed by atoms with E-state index >= 15 is 0 Å². The molecule has 142 valence electrons. The number of rotatable bonds is 5. The average Bonchev–Trinajstić information content (AvgIpc) is 2.58. The number of non-ortho nitro benzene ring substituents is 2. The van der Waals surface area contributed by atoms with E-state index in [0.29, 0.717) is 26.3 Å². The molecule has 1 N–H and O–H groups in total. The Morgan fingerprint density at radius 2 is 1.62 bits per heavy atom. The molecular formula is C13H13Cl3N4O6. The number of morpholine rings is 1. The third-order valence-electron chi connectivity index (χ3n) is 3.58. The Balaban J connectivity index is 2.31. The highest BCUT2D eigenvalue weighted by atomic mass is 35.6. The first-order chi connectivity index (χ1) is 12.1. The summed E-state index contributed by atoms with van der Waals surface area (Å²) >= 11 is 17.8. The average molecular weight is 428 g/mol. The Labute approximate surface area is 162 Å². The number of ether oxygens (including phenoxy) is 1. The fourth-order valence-corrected chi connectivity index (χ4v) is 2.94. The molecule has 0 unspecified atom stereocenters. The van der Waals surface area contributed by atoms with Gasteiger partial charge >= 0.3 is 0 Å². The third kappa shape index (κ3) is 5.15. The summed E-state index contributed by atoms with van der Waals surface area (Å²) < 4.78 is 3.30. The molecule has 1 aliphatic rings. The fraction of sp³-hybridized carbons (Fsp3) is 0.462. The van der Waals surface area contributed by atoms with Crippen LogP contribution in [-0.2, 0) is 4.74 Å². The zero-order valence-corrected chi connectivity index (χ0v) is 15.3. The van der Waals surface area contributed by atoms with Gasteiger partial charge in [-0.25, -0.2) is 0 Å². The van der Waals surface area contributed by atoms with Gasteiger partial charge in [-0.1, -0.05) is 34.8 Å². The van der Waals surface area contributed by atoms with Crippen LogP contribution in [0.1, 0.15) is 10.4 Å². The molecule has 0 spiro atoms. The SMILES string of the molecule is O=C(N[C@@H](N1CCOCC1)C(Cl)(Cl)Cl)c1cc([N+](=O)[O-])cc([N+](=O)[O-])c1. The minimum atomic E-state index is -1.90. The van der Waals surface area contributed by atoms with Gasteiger partial charge < -0.3 is 10.1 Å². The quantitative estimate of drug-likeness (QED) is 0.433. The summed E-state index contributed by atoms with van der Waals surface area (Å²) in [6.45, 7) is 1.51. The molecule has 1 aromatic rings. The highest BCUT2D eigenvalue weighted by Crippen LogP contribution is 2.33. The van der Waals surface area contributed by atoms with Crippen molar-refractivity contribution in [2.45, 2.75) is 9.96 Å². The van der Waals surface area contributed by atoms with Crippen LogP contribution in [0.4, 0.5) is 11.4 Å². The summed E-state index contributed by atoms with van der Waals surface area (Å²) in [7, 11) is 0. The van der Waals surface area contributed by atoms with Crippen LogP contribution in [0.15, 0.2) is 18.2 Å². The van der Waals surface area contributed by atoms with Crippen LogP contribution < -0.4 is 5.32 Å². The van der Waals surface area contributed by atoms with Gasteiger partial charge in [-0.2, -0.15) is 0 Å². The van der Waals surface area contributed by atoms with Crippen LogP contribution in [0.2, 0.25) is 0 Å². The molecular weight excluding hydrogens is 415 g/mol. The van der Waals surface area contributed by atoms with Crippen molar-refractivity contribution in [3.63, 3.8) is 0 Å². The molecule has 0 aliphatic carbocycles. The maximum Gasteiger partial charge on any atom is 0.277 e. The lowest BCUT2D eigenvalue weighted by Gasteiger charge is -2.38. The number of nitro benzene ring substituents is 2. The molecule has 0 bridgehead atoms. The Bertz CT molecular complexity index is 688. The number of benzene rings is 1. The molecule has 0 saturated carbocycles. The number of carbonyl (C=O) groups excluding carboxylic acids is 1. The maximum absolute atomic E-state index is 12.5. The number of amides is 1. The minimum absolute atomic E-state index is 0.293. The molecule has 1 amide bonds. The number of nitro groups is 2. The van der Waals surface area contributed by atoms with Gasteiger partial charge in [-0.3, -0.25) is 29.9 Å². The van der Waals surface area contributed by atoms with Crippen LogP contribution >= 0.6 is 34.8 Å². The Kier molecular flexibility index (Phi) is 6.58. The topological polar surface area (TPSA) is 128 Å². The van der Waals surface area contributed by atoms with Crippen molar-refractivity contribution in [3.8, 4) is 0 Å².